The van der Waals surface area contributed by atoms with Crippen LogP contribution in [0.4, 0.5) is 0 Å². The Bertz CT molecular complexity index is 510. The number of nitrogens with one attached hydrogen (secondary N) is 2. The summed E-state index contributed by atoms with van der Waals surface area (Å²) in [5, 5.41) is 11.0. The Morgan fingerprint density at radius 3 is 2.50 bits per heavy atom. The average Bonchev–Trinajstić information content (AvgIpc) is 2.81. The maximum atomic E-state index is 5.21. The van der Waals surface area contributed by atoms with Crippen molar-refractivity contribution in [3.8, 4) is 0 Å². The normalized spacial score (nSPS) is 18.1. The molecular formula is C18H33IN4O. The highest BCUT2D eigenvalue weighted by Gasteiger charge is 2.27. The second kappa shape index (κ2) is 9.63. The van der Waals surface area contributed by atoms with E-state index >= 15 is 0 Å². The van der Waals surface area contributed by atoms with Crippen LogP contribution < -0.4 is 10.6 Å². The second-order valence-corrected chi connectivity index (χ2v) is 7.40. The highest BCUT2D eigenvalue weighted by Crippen LogP contribution is 2.34. The molecule has 0 aliphatic heterocycles. The van der Waals surface area contributed by atoms with Gasteiger partial charge in [-0.15, -0.1) is 24.0 Å². The first-order valence-corrected chi connectivity index (χ1v) is 8.88. The van der Waals surface area contributed by atoms with Crippen molar-refractivity contribution in [3.63, 3.8) is 0 Å². The largest absolute Gasteiger partial charge is 0.361 e. The summed E-state index contributed by atoms with van der Waals surface area (Å²) in [6, 6.07) is 0.542. The lowest BCUT2D eigenvalue weighted by Gasteiger charge is -2.35. The Morgan fingerprint density at radius 2 is 1.96 bits per heavy atom. The van der Waals surface area contributed by atoms with E-state index in [1.807, 2.05) is 13.8 Å². The summed E-state index contributed by atoms with van der Waals surface area (Å²) in [7, 11) is 0. The molecule has 0 bridgehead atoms. The standard InChI is InChI=1S/C18H32N4O.HI/c1-6-19-17(21-15-7-10-18(4,5)11-8-15)20-12-9-16-13(2)22-23-14(16)3;/h15H,6-12H2,1-5H3,(H2,19,20,21);1H. The molecule has 0 amide bonds. The topological polar surface area (TPSA) is 62.5 Å². The van der Waals surface area contributed by atoms with Gasteiger partial charge in [-0.05, 0) is 58.3 Å². The molecule has 1 aliphatic rings. The molecule has 0 aromatic carbocycles. The molecule has 138 valence electrons. The zero-order chi connectivity index (χ0) is 16.9. The van der Waals surface area contributed by atoms with Crippen LogP contribution in [-0.2, 0) is 6.42 Å². The lowest BCUT2D eigenvalue weighted by molar-refractivity contribution is 0.216. The molecule has 5 nitrogen and oxygen atoms in total. The fraction of sp³-hybridized carbons (Fsp3) is 0.778. The number of aliphatic imine (C=N–C) groups is 1. The van der Waals surface area contributed by atoms with Crippen molar-refractivity contribution < 1.29 is 4.52 Å². The van der Waals surface area contributed by atoms with E-state index in [2.05, 4.69) is 36.6 Å². The van der Waals surface area contributed by atoms with Gasteiger partial charge in [0.1, 0.15) is 5.76 Å². The van der Waals surface area contributed by atoms with Crippen molar-refractivity contribution in [1.29, 1.82) is 0 Å². The molecule has 0 spiro atoms. The van der Waals surface area contributed by atoms with Crippen LogP contribution in [0.2, 0.25) is 0 Å². The van der Waals surface area contributed by atoms with Gasteiger partial charge in [-0.2, -0.15) is 0 Å². The van der Waals surface area contributed by atoms with E-state index in [9.17, 15) is 0 Å². The summed E-state index contributed by atoms with van der Waals surface area (Å²) in [6.45, 7) is 12.4. The first-order chi connectivity index (χ1) is 10.9. The summed E-state index contributed by atoms with van der Waals surface area (Å²) >= 11 is 0. The zero-order valence-electron chi connectivity index (χ0n) is 15.7. The summed E-state index contributed by atoms with van der Waals surface area (Å²) in [4.78, 5) is 4.73. The molecule has 0 saturated heterocycles. The van der Waals surface area contributed by atoms with Gasteiger partial charge >= 0.3 is 0 Å². The SMILES string of the molecule is CCNC(=NCCc1c(C)noc1C)NC1CCC(C)(C)CC1.I. The molecule has 0 unspecified atom stereocenters. The van der Waals surface area contributed by atoms with Crippen molar-refractivity contribution in [1.82, 2.24) is 15.8 Å². The summed E-state index contributed by atoms with van der Waals surface area (Å²) < 4.78 is 5.21. The summed E-state index contributed by atoms with van der Waals surface area (Å²) in [6.07, 6.45) is 5.88. The molecule has 0 radical (unpaired) electrons. The van der Waals surface area contributed by atoms with E-state index in [4.69, 9.17) is 9.52 Å². The van der Waals surface area contributed by atoms with Crippen molar-refractivity contribution in [2.45, 2.75) is 72.8 Å². The average molecular weight is 448 g/mol. The Kier molecular flexibility index (Phi) is 8.53. The molecular weight excluding hydrogens is 415 g/mol. The number of hydrogen-bond acceptors (Lipinski definition) is 3. The van der Waals surface area contributed by atoms with Gasteiger partial charge in [-0.25, -0.2) is 0 Å². The monoisotopic (exact) mass is 448 g/mol. The number of halogens is 1. The van der Waals surface area contributed by atoms with Gasteiger partial charge in [0.05, 0.1) is 5.69 Å². The highest BCUT2D eigenvalue weighted by molar-refractivity contribution is 14.0. The lowest BCUT2D eigenvalue weighted by Crippen LogP contribution is -2.45. The van der Waals surface area contributed by atoms with Crippen LogP contribution in [0.5, 0.6) is 0 Å². The zero-order valence-corrected chi connectivity index (χ0v) is 18.1. The van der Waals surface area contributed by atoms with Crippen molar-refractivity contribution in [2.75, 3.05) is 13.1 Å². The van der Waals surface area contributed by atoms with Crippen LogP contribution in [0, 0.1) is 19.3 Å². The van der Waals surface area contributed by atoms with Gasteiger partial charge in [0.2, 0.25) is 0 Å². The van der Waals surface area contributed by atoms with Gasteiger partial charge < -0.3 is 15.2 Å². The Balaban J connectivity index is 0.00000288. The molecule has 1 aromatic rings. The summed E-state index contributed by atoms with van der Waals surface area (Å²) in [5.41, 5.74) is 2.66. The molecule has 2 rings (SSSR count). The third-order valence-corrected chi connectivity index (χ3v) is 4.84. The van der Waals surface area contributed by atoms with Crippen LogP contribution in [0.25, 0.3) is 0 Å². The number of aryl methyl sites for hydroxylation is 2. The molecule has 1 aliphatic carbocycles. The fourth-order valence-corrected chi connectivity index (χ4v) is 3.20. The van der Waals surface area contributed by atoms with Crippen LogP contribution >= 0.6 is 24.0 Å². The van der Waals surface area contributed by atoms with Crippen LogP contribution in [-0.4, -0.2) is 30.2 Å². The second-order valence-electron chi connectivity index (χ2n) is 7.40. The maximum Gasteiger partial charge on any atom is 0.191 e. The smallest absolute Gasteiger partial charge is 0.191 e. The Labute approximate surface area is 163 Å². The molecule has 1 heterocycles. The van der Waals surface area contributed by atoms with E-state index < -0.39 is 0 Å². The lowest BCUT2D eigenvalue weighted by atomic mass is 9.75. The van der Waals surface area contributed by atoms with Crippen molar-refractivity contribution >= 4 is 29.9 Å². The minimum absolute atomic E-state index is 0. The molecule has 1 fully saturated rings. The fourth-order valence-electron chi connectivity index (χ4n) is 3.20. The number of guanidine groups is 1. The quantitative estimate of drug-likeness (QED) is 0.407. The molecule has 1 aromatic heterocycles. The van der Waals surface area contributed by atoms with Gasteiger partial charge in [-0.3, -0.25) is 4.99 Å². The minimum atomic E-state index is 0. The third kappa shape index (κ3) is 6.26. The number of rotatable bonds is 5. The molecule has 2 N–H and O–H groups in total. The molecule has 6 heteroatoms. The van der Waals surface area contributed by atoms with E-state index in [-0.39, 0.29) is 24.0 Å². The van der Waals surface area contributed by atoms with Crippen LogP contribution in [0.3, 0.4) is 0 Å². The number of hydrogen-bond donors (Lipinski definition) is 2. The number of aromatic nitrogens is 1. The first kappa shape index (κ1) is 21.3. The Morgan fingerprint density at radius 1 is 1.29 bits per heavy atom. The molecule has 0 atom stereocenters. The molecule has 1 saturated carbocycles. The van der Waals surface area contributed by atoms with Crippen molar-refractivity contribution in [3.05, 3.63) is 17.0 Å². The first-order valence-electron chi connectivity index (χ1n) is 8.88. The predicted octanol–water partition coefficient (Wildman–Crippen LogP) is 3.98. The third-order valence-electron chi connectivity index (χ3n) is 4.84. The maximum absolute atomic E-state index is 5.21. The number of nitrogens with zero attached hydrogens (tertiary/aromatic N) is 2. The van der Waals surface area contributed by atoms with Gasteiger partial charge in [0, 0.05) is 24.7 Å². The highest BCUT2D eigenvalue weighted by atomic mass is 127. The van der Waals surface area contributed by atoms with E-state index in [0.717, 1.165) is 36.9 Å². The molecule has 24 heavy (non-hydrogen) atoms. The van der Waals surface area contributed by atoms with Crippen molar-refractivity contribution in [2.24, 2.45) is 10.4 Å². The summed E-state index contributed by atoms with van der Waals surface area (Å²) in [5.74, 6) is 1.84. The predicted molar refractivity (Wildman–Crippen MR) is 110 cm³/mol. The minimum Gasteiger partial charge on any atom is -0.361 e. The van der Waals surface area contributed by atoms with Gasteiger partial charge in [-0.1, -0.05) is 19.0 Å². The van der Waals surface area contributed by atoms with E-state index in [1.54, 1.807) is 0 Å². The van der Waals surface area contributed by atoms with E-state index in [0.29, 0.717) is 11.5 Å². The Hall–Kier alpha value is -0.790. The van der Waals surface area contributed by atoms with Gasteiger partial charge in [0.15, 0.2) is 5.96 Å². The van der Waals surface area contributed by atoms with Crippen LogP contribution in [0.1, 0.15) is 63.5 Å². The van der Waals surface area contributed by atoms with Gasteiger partial charge in [0.25, 0.3) is 0 Å². The van der Waals surface area contributed by atoms with E-state index in [1.165, 1.54) is 31.2 Å². The van der Waals surface area contributed by atoms with Crippen LogP contribution in [0.15, 0.2) is 9.52 Å².